The number of benzene rings is 1. The first kappa shape index (κ1) is 11.8. The van der Waals surface area contributed by atoms with Crippen molar-refractivity contribution in [1.82, 2.24) is 0 Å². The fraction of sp³-hybridized carbons (Fsp3) is 0.400. The highest BCUT2D eigenvalue weighted by Crippen LogP contribution is 2.30. The number of anilines is 1. The third-order valence-electron chi connectivity index (χ3n) is 2.12. The fourth-order valence-electron chi connectivity index (χ4n) is 1.17. The zero-order valence-electron chi connectivity index (χ0n) is 8.55. The van der Waals surface area contributed by atoms with Crippen LogP contribution in [0.25, 0.3) is 0 Å². The average molecular weight is 218 g/mol. The van der Waals surface area contributed by atoms with Crippen LogP contribution in [0.3, 0.4) is 0 Å². The molecule has 1 unspecified atom stereocenters. The first-order chi connectivity index (χ1) is 6.82. The van der Waals surface area contributed by atoms with E-state index in [0.29, 0.717) is 0 Å². The lowest BCUT2D eigenvalue weighted by Crippen LogP contribution is -2.28. The highest BCUT2D eigenvalue weighted by molar-refractivity contribution is 5.46. The topological polar surface area (TPSA) is 29.3 Å². The van der Waals surface area contributed by atoms with Gasteiger partial charge in [-0.1, -0.05) is 12.1 Å². The zero-order chi connectivity index (χ0) is 11.6. The SMILES string of the molecule is CN(C)c1ccc(C(N)C(F)(F)F)cc1. The van der Waals surface area contributed by atoms with Crippen molar-refractivity contribution < 1.29 is 13.2 Å². The molecule has 15 heavy (non-hydrogen) atoms. The number of hydrogen-bond acceptors (Lipinski definition) is 2. The van der Waals surface area contributed by atoms with E-state index in [4.69, 9.17) is 5.73 Å². The third kappa shape index (κ3) is 2.86. The second-order valence-corrected chi connectivity index (χ2v) is 3.51. The fourth-order valence-corrected chi connectivity index (χ4v) is 1.17. The Kier molecular flexibility index (Phi) is 3.24. The minimum Gasteiger partial charge on any atom is -0.378 e. The molecule has 0 heterocycles. The van der Waals surface area contributed by atoms with Crippen LogP contribution in [-0.2, 0) is 0 Å². The van der Waals surface area contributed by atoms with Gasteiger partial charge in [0.2, 0.25) is 0 Å². The second-order valence-electron chi connectivity index (χ2n) is 3.51. The molecule has 1 aromatic carbocycles. The molecule has 0 aromatic heterocycles. The molecular weight excluding hydrogens is 205 g/mol. The Bertz CT molecular complexity index is 316. The predicted octanol–water partition coefficient (Wildman–Crippen LogP) is 2.31. The molecular formula is C10H13F3N2. The molecule has 0 aliphatic rings. The van der Waals surface area contributed by atoms with Gasteiger partial charge in [-0.05, 0) is 17.7 Å². The summed E-state index contributed by atoms with van der Waals surface area (Å²) in [6.45, 7) is 0. The van der Waals surface area contributed by atoms with Crippen LogP contribution in [-0.4, -0.2) is 20.3 Å². The van der Waals surface area contributed by atoms with Gasteiger partial charge >= 0.3 is 6.18 Å². The Morgan fingerprint density at radius 3 is 1.93 bits per heavy atom. The second kappa shape index (κ2) is 4.10. The molecule has 1 rings (SSSR count). The van der Waals surface area contributed by atoms with E-state index in [-0.39, 0.29) is 5.56 Å². The van der Waals surface area contributed by atoms with Crippen LogP contribution in [0, 0.1) is 0 Å². The predicted molar refractivity (Wildman–Crippen MR) is 53.8 cm³/mol. The van der Waals surface area contributed by atoms with Crippen LogP contribution < -0.4 is 10.6 Å². The van der Waals surface area contributed by atoms with E-state index >= 15 is 0 Å². The third-order valence-corrected chi connectivity index (χ3v) is 2.12. The number of alkyl halides is 3. The van der Waals surface area contributed by atoms with Gasteiger partial charge in [-0.25, -0.2) is 0 Å². The number of nitrogens with zero attached hydrogens (tertiary/aromatic N) is 1. The van der Waals surface area contributed by atoms with Gasteiger partial charge in [0.25, 0.3) is 0 Å². The minimum absolute atomic E-state index is 0.0769. The molecule has 84 valence electrons. The summed E-state index contributed by atoms with van der Waals surface area (Å²) in [7, 11) is 3.64. The first-order valence-corrected chi connectivity index (χ1v) is 4.42. The Balaban J connectivity index is 2.89. The summed E-state index contributed by atoms with van der Waals surface area (Å²) in [5.41, 5.74) is 5.98. The molecule has 0 bridgehead atoms. The van der Waals surface area contributed by atoms with E-state index in [9.17, 15) is 13.2 Å². The van der Waals surface area contributed by atoms with Gasteiger partial charge in [0, 0.05) is 19.8 Å². The molecule has 0 saturated carbocycles. The lowest BCUT2D eigenvalue weighted by molar-refractivity contribution is -0.149. The first-order valence-electron chi connectivity index (χ1n) is 4.42. The molecule has 2 N–H and O–H groups in total. The van der Waals surface area contributed by atoms with Crippen LogP contribution in [0.5, 0.6) is 0 Å². The van der Waals surface area contributed by atoms with Gasteiger partial charge in [0.05, 0.1) is 0 Å². The Morgan fingerprint density at radius 1 is 1.13 bits per heavy atom. The smallest absolute Gasteiger partial charge is 0.378 e. The molecule has 0 spiro atoms. The molecule has 0 saturated heterocycles. The van der Waals surface area contributed by atoms with Crippen LogP contribution in [0.15, 0.2) is 24.3 Å². The van der Waals surface area contributed by atoms with Crippen molar-refractivity contribution in [3.8, 4) is 0 Å². The largest absolute Gasteiger partial charge is 0.407 e. The molecule has 2 nitrogen and oxygen atoms in total. The van der Waals surface area contributed by atoms with Gasteiger partial charge in [-0.2, -0.15) is 13.2 Å². The number of rotatable bonds is 2. The summed E-state index contributed by atoms with van der Waals surface area (Å²) in [5.74, 6) is 0. The molecule has 0 aliphatic heterocycles. The standard InChI is InChI=1S/C10H13F3N2/c1-15(2)8-5-3-7(4-6-8)9(14)10(11,12)13/h3-6,9H,14H2,1-2H3. The van der Waals surface area contributed by atoms with Crippen molar-refractivity contribution >= 4 is 5.69 Å². The van der Waals surface area contributed by atoms with Gasteiger partial charge < -0.3 is 10.6 Å². The quantitative estimate of drug-likeness (QED) is 0.825. The highest BCUT2D eigenvalue weighted by atomic mass is 19.4. The van der Waals surface area contributed by atoms with Crippen LogP contribution in [0.4, 0.5) is 18.9 Å². The van der Waals surface area contributed by atoms with Crippen molar-refractivity contribution in [3.63, 3.8) is 0 Å². The summed E-state index contributed by atoms with van der Waals surface area (Å²) in [4.78, 5) is 1.81. The maximum atomic E-state index is 12.3. The van der Waals surface area contributed by atoms with Crippen molar-refractivity contribution in [3.05, 3.63) is 29.8 Å². The van der Waals surface area contributed by atoms with Gasteiger partial charge in [-0.3, -0.25) is 0 Å². The summed E-state index contributed by atoms with van der Waals surface area (Å²) < 4.78 is 36.8. The molecule has 1 atom stereocenters. The molecule has 0 aliphatic carbocycles. The minimum atomic E-state index is -4.39. The molecule has 1 aromatic rings. The molecule has 0 amide bonds. The van der Waals surface area contributed by atoms with Crippen molar-refractivity contribution in [2.75, 3.05) is 19.0 Å². The summed E-state index contributed by atoms with van der Waals surface area (Å²) >= 11 is 0. The van der Waals surface area contributed by atoms with E-state index in [1.807, 2.05) is 19.0 Å². The monoisotopic (exact) mass is 218 g/mol. The summed E-state index contributed by atoms with van der Waals surface area (Å²) in [6, 6.07) is 4.11. The Hall–Kier alpha value is -1.23. The van der Waals surface area contributed by atoms with Crippen LogP contribution in [0.1, 0.15) is 11.6 Å². The lowest BCUT2D eigenvalue weighted by atomic mass is 10.1. The van der Waals surface area contributed by atoms with Gasteiger partial charge in [-0.15, -0.1) is 0 Å². The number of hydrogen-bond donors (Lipinski definition) is 1. The summed E-state index contributed by atoms with van der Waals surface area (Å²) in [5, 5.41) is 0. The maximum Gasteiger partial charge on any atom is 0.407 e. The Labute approximate surface area is 86.5 Å². The lowest BCUT2D eigenvalue weighted by Gasteiger charge is -2.17. The maximum absolute atomic E-state index is 12.3. The van der Waals surface area contributed by atoms with E-state index in [1.54, 1.807) is 12.1 Å². The normalized spacial score (nSPS) is 13.7. The van der Waals surface area contributed by atoms with Crippen molar-refractivity contribution in [2.45, 2.75) is 12.2 Å². The highest BCUT2D eigenvalue weighted by Gasteiger charge is 2.37. The van der Waals surface area contributed by atoms with E-state index in [2.05, 4.69) is 0 Å². The molecule has 0 fully saturated rings. The van der Waals surface area contributed by atoms with E-state index in [0.717, 1.165) is 5.69 Å². The van der Waals surface area contributed by atoms with Crippen LogP contribution in [0.2, 0.25) is 0 Å². The Morgan fingerprint density at radius 2 is 1.60 bits per heavy atom. The zero-order valence-corrected chi connectivity index (χ0v) is 8.55. The van der Waals surface area contributed by atoms with Crippen LogP contribution >= 0.6 is 0 Å². The number of halogens is 3. The van der Waals surface area contributed by atoms with Gasteiger partial charge in [0.15, 0.2) is 0 Å². The van der Waals surface area contributed by atoms with Crippen molar-refractivity contribution in [2.24, 2.45) is 5.73 Å². The van der Waals surface area contributed by atoms with Gasteiger partial charge in [0.1, 0.15) is 6.04 Å². The molecule has 0 radical (unpaired) electrons. The van der Waals surface area contributed by atoms with E-state index < -0.39 is 12.2 Å². The average Bonchev–Trinajstić information content (AvgIpc) is 2.15. The number of nitrogens with two attached hydrogens (primary N) is 1. The van der Waals surface area contributed by atoms with E-state index in [1.165, 1.54) is 12.1 Å². The summed E-state index contributed by atoms with van der Waals surface area (Å²) in [6.07, 6.45) is -4.39. The molecule has 5 heteroatoms. The van der Waals surface area contributed by atoms with Crippen molar-refractivity contribution in [1.29, 1.82) is 0 Å².